The minimum Gasteiger partial charge on any atom is -0.352 e. The van der Waals surface area contributed by atoms with Gasteiger partial charge >= 0.3 is 0 Å². The van der Waals surface area contributed by atoms with Gasteiger partial charge < -0.3 is 14.8 Å². The van der Waals surface area contributed by atoms with Crippen LogP contribution in [0.4, 0.5) is 0 Å². The fraction of sp³-hybridized carbons (Fsp3) is 0.545. The number of fused-ring (bicyclic) bond motifs is 1. The number of benzene rings is 2. The lowest BCUT2D eigenvalue weighted by molar-refractivity contribution is -0.138. The number of nitrogens with zero attached hydrogens (tertiary/aromatic N) is 3. The lowest BCUT2D eigenvalue weighted by Crippen LogP contribution is -2.50. The molecule has 1 N–H and O–H groups in total. The van der Waals surface area contributed by atoms with E-state index in [-0.39, 0.29) is 11.8 Å². The van der Waals surface area contributed by atoms with Crippen molar-refractivity contribution in [3.8, 4) is 0 Å². The Morgan fingerprint density at radius 3 is 2.27 bits per heavy atom. The smallest absolute Gasteiger partial charge is 0.251 e. The van der Waals surface area contributed by atoms with Gasteiger partial charge in [-0.15, -0.1) is 0 Å². The number of aromatic nitrogens is 2. The molecule has 40 heavy (non-hydrogen) atoms. The van der Waals surface area contributed by atoms with Gasteiger partial charge in [-0.3, -0.25) is 9.59 Å². The van der Waals surface area contributed by atoms with Crippen LogP contribution in [-0.2, 0) is 17.8 Å². The summed E-state index contributed by atoms with van der Waals surface area (Å²) >= 11 is 6.01. The van der Waals surface area contributed by atoms with E-state index < -0.39 is 0 Å². The van der Waals surface area contributed by atoms with Gasteiger partial charge in [0.05, 0.1) is 11.0 Å². The van der Waals surface area contributed by atoms with Gasteiger partial charge in [0.1, 0.15) is 12.4 Å². The number of halogens is 1. The van der Waals surface area contributed by atoms with E-state index in [1.54, 1.807) is 24.3 Å². The number of amides is 2. The zero-order valence-corrected chi connectivity index (χ0v) is 24.4. The molecule has 0 spiro atoms. The first-order valence-electron chi connectivity index (χ1n) is 15.4. The summed E-state index contributed by atoms with van der Waals surface area (Å²) in [6, 6.07) is 16.0. The summed E-state index contributed by atoms with van der Waals surface area (Å²) in [5, 5.41) is 3.55. The number of nitrogens with one attached hydrogen (secondary N) is 1. The fourth-order valence-corrected chi connectivity index (χ4v) is 6.84. The van der Waals surface area contributed by atoms with Crippen LogP contribution in [0.15, 0.2) is 48.5 Å². The Balaban J connectivity index is 1.21. The highest BCUT2D eigenvalue weighted by Crippen LogP contribution is 2.31. The van der Waals surface area contributed by atoms with Crippen LogP contribution in [-0.4, -0.2) is 44.9 Å². The highest BCUT2D eigenvalue weighted by molar-refractivity contribution is 6.30. The van der Waals surface area contributed by atoms with Gasteiger partial charge in [0, 0.05) is 35.6 Å². The quantitative estimate of drug-likeness (QED) is 0.249. The number of imidazole rings is 1. The first-order chi connectivity index (χ1) is 19.6. The zero-order chi connectivity index (χ0) is 27.7. The average molecular weight is 563 g/mol. The van der Waals surface area contributed by atoms with Gasteiger partial charge in [-0.25, -0.2) is 4.98 Å². The normalized spacial score (nSPS) is 16.7. The highest BCUT2D eigenvalue weighted by Gasteiger charge is 2.33. The number of unbranched alkanes of at least 4 members (excludes halogenated alkanes) is 2. The Kier molecular flexibility index (Phi) is 10.1. The molecule has 5 rings (SSSR count). The largest absolute Gasteiger partial charge is 0.352 e. The Labute approximate surface area is 243 Å². The van der Waals surface area contributed by atoms with Gasteiger partial charge in [0.15, 0.2) is 0 Å². The Morgan fingerprint density at radius 1 is 0.875 bits per heavy atom. The van der Waals surface area contributed by atoms with Crippen molar-refractivity contribution in [2.24, 2.45) is 0 Å². The Morgan fingerprint density at radius 2 is 1.57 bits per heavy atom. The van der Waals surface area contributed by atoms with Crippen molar-refractivity contribution < 1.29 is 9.59 Å². The maximum absolute atomic E-state index is 14.1. The molecule has 0 atom stereocenters. The van der Waals surface area contributed by atoms with E-state index in [2.05, 4.69) is 20.9 Å². The molecule has 0 bridgehead atoms. The lowest BCUT2D eigenvalue weighted by atomic mass is 9.88. The maximum atomic E-state index is 14.1. The summed E-state index contributed by atoms with van der Waals surface area (Å²) in [5.74, 6) is 1.17. The van der Waals surface area contributed by atoms with Crippen LogP contribution < -0.4 is 5.32 Å². The molecule has 0 unspecified atom stereocenters. The Hall–Kier alpha value is -2.86. The average Bonchev–Trinajstić information content (AvgIpc) is 3.33. The number of carbonyl (C=O) groups excluding carboxylic acids is 2. The third-order valence-electron chi connectivity index (χ3n) is 8.70. The molecule has 7 heteroatoms. The van der Waals surface area contributed by atoms with Crippen LogP contribution in [0.1, 0.15) is 99.7 Å². The second kappa shape index (κ2) is 14.2. The first kappa shape index (κ1) is 28.7. The SMILES string of the molecule is O=C(NCCCCCc1nc2ccccc2n1CC(=O)N(C1CCCCC1)C1CCCCC1)c1cccc(Cl)c1. The van der Waals surface area contributed by atoms with Gasteiger partial charge in [0.2, 0.25) is 5.91 Å². The van der Waals surface area contributed by atoms with Gasteiger partial charge in [-0.05, 0) is 68.9 Å². The van der Waals surface area contributed by atoms with E-state index in [9.17, 15) is 9.59 Å². The molecule has 2 amide bonds. The third kappa shape index (κ3) is 7.25. The lowest BCUT2D eigenvalue weighted by Gasteiger charge is -2.42. The molecule has 2 aliphatic rings. The summed E-state index contributed by atoms with van der Waals surface area (Å²) in [6.45, 7) is 0.997. The summed E-state index contributed by atoms with van der Waals surface area (Å²) in [6.07, 6.45) is 15.8. The molecule has 3 aromatic rings. The maximum Gasteiger partial charge on any atom is 0.251 e. The van der Waals surface area contributed by atoms with Crippen LogP contribution in [0, 0.1) is 0 Å². The standard InChI is InChI=1S/C33H43ClN4O2/c34-26-14-12-13-25(23-26)33(40)35-22-11-3-8-21-31-36-29-19-9-10-20-30(29)37(31)24-32(39)38(27-15-4-1-5-16-27)28-17-6-2-7-18-28/h9-10,12-14,19-20,23,27-28H,1-8,11,15-18,21-22,24H2,(H,35,40). The molecule has 1 aromatic heterocycles. The van der Waals surface area contributed by atoms with Crippen LogP contribution in [0.3, 0.4) is 0 Å². The number of carbonyl (C=O) groups is 2. The van der Waals surface area contributed by atoms with E-state index >= 15 is 0 Å². The van der Waals surface area contributed by atoms with Gasteiger partial charge in [-0.1, -0.05) is 74.7 Å². The van der Waals surface area contributed by atoms with E-state index in [0.717, 1.165) is 68.2 Å². The second-order valence-corrected chi connectivity index (χ2v) is 12.0. The van der Waals surface area contributed by atoms with Gasteiger partial charge in [0.25, 0.3) is 5.91 Å². The molecule has 0 radical (unpaired) electrons. The first-order valence-corrected chi connectivity index (χ1v) is 15.8. The third-order valence-corrected chi connectivity index (χ3v) is 8.94. The molecule has 0 saturated heterocycles. The molecule has 2 aliphatic carbocycles. The van der Waals surface area contributed by atoms with Gasteiger partial charge in [-0.2, -0.15) is 0 Å². The number of hydrogen-bond acceptors (Lipinski definition) is 3. The molecule has 0 aliphatic heterocycles. The zero-order valence-electron chi connectivity index (χ0n) is 23.6. The molecule has 1 heterocycles. The predicted octanol–water partition coefficient (Wildman–Crippen LogP) is 7.33. The van der Waals surface area contributed by atoms with Crippen LogP contribution >= 0.6 is 11.6 Å². The van der Waals surface area contributed by atoms with Crippen molar-refractivity contribution in [2.75, 3.05) is 6.54 Å². The van der Waals surface area contributed by atoms with E-state index in [0.29, 0.717) is 35.8 Å². The number of aryl methyl sites for hydroxylation is 1. The van der Waals surface area contributed by atoms with E-state index in [4.69, 9.17) is 16.6 Å². The second-order valence-electron chi connectivity index (χ2n) is 11.6. The highest BCUT2D eigenvalue weighted by atomic mass is 35.5. The van der Waals surface area contributed by atoms with E-state index in [1.165, 1.54) is 38.5 Å². The molecular weight excluding hydrogens is 520 g/mol. The van der Waals surface area contributed by atoms with Crippen molar-refractivity contribution in [1.82, 2.24) is 19.8 Å². The van der Waals surface area contributed by atoms with Crippen LogP contribution in [0.2, 0.25) is 5.02 Å². The summed E-state index contributed by atoms with van der Waals surface area (Å²) < 4.78 is 2.18. The van der Waals surface area contributed by atoms with Crippen LogP contribution in [0.25, 0.3) is 11.0 Å². The summed E-state index contributed by atoms with van der Waals surface area (Å²) in [5.41, 5.74) is 2.59. The number of para-hydroxylation sites is 2. The van der Waals surface area contributed by atoms with Crippen molar-refractivity contribution >= 4 is 34.4 Å². The van der Waals surface area contributed by atoms with Crippen LogP contribution in [0.5, 0.6) is 0 Å². The fourth-order valence-electron chi connectivity index (χ4n) is 6.65. The van der Waals surface area contributed by atoms with Crippen molar-refractivity contribution in [3.63, 3.8) is 0 Å². The summed E-state index contributed by atoms with van der Waals surface area (Å²) in [7, 11) is 0. The molecule has 214 valence electrons. The number of hydrogen-bond donors (Lipinski definition) is 1. The summed E-state index contributed by atoms with van der Waals surface area (Å²) in [4.78, 5) is 33.7. The topological polar surface area (TPSA) is 67.2 Å². The monoisotopic (exact) mass is 562 g/mol. The molecule has 2 aromatic carbocycles. The Bertz CT molecular complexity index is 1260. The van der Waals surface area contributed by atoms with E-state index in [1.807, 2.05) is 18.2 Å². The molecule has 2 saturated carbocycles. The molecule has 2 fully saturated rings. The van der Waals surface area contributed by atoms with Crippen molar-refractivity contribution in [3.05, 3.63) is 64.9 Å². The number of rotatable bonds is 11. The minimum atomic E-state index is -0.0942. The van der Waals surface area contributed by atoms with Crippen molar-refractivity contribution in [1.29, 1.82) is 0 Å². The molecular formula is C33H43ClN4O2. The predicted molar refractivity (Wildman–Crippen MR) is 162 cm³/mol. The van der Waals surface area contributed by atoms with Crippen molar-refractivity contribution in [2.45, 2.75) is 109 Å². The molecule has 6 nitrogen and oxygen atoms in total. The minimum absolute atomic E-state index is 0.0942.